The van der Waals surface area contributed by atoms with Gasteiger partial charge in [0.05, 0.1) is 11.8 Å². The summed E-state index contributed by atoms with van der Waals surface area (Å²) in [6.07, 6.45) is 7.28. The molecule has 3 aliphatic rings. The molecule has 1 aromatic rings. The van der Waals surface area contributed by atoms with Crippen LogP contribution in [-0.4, -0.2) is 81.5 Å². The van der Waals surface area contributed by atoms with Crippen LogP contribution in [0.4, 0.5) is 5.82 Å². The van der Waals surface area contributed by atoms with E-state index < -0.39 is 28.5 Å². The summed E-state index contributed by atoms with van der Waals surface area (Å²) in [5.41, 5.74) is 0.874. The molecule has 0 saturated carbocycles. The summed E-state index contributed by atoms with van der Waals surface area (Å²) >= 11 is 12.2. The van der Waals surface area contributed by atoms with Gasteiger partial charge in [0.15, 0.2) is 11.4 Å². The van der Waals surface area contributed by atoms with E-state index in [1.54, 1.807) is 55.6 Å². The number of carbonyl (C=O) groups is 1. The SMILES string of the molecule is CC(O)OC(C)N1C(=S)N(c2ccccn2)C(=O)C1=CC=C1C(Cl)=CC=C2OCN(CCCCS(=O)(=O)O)C21. The predicted octanol–water partition coefficient (Wildman–Crippen LogP) is 2.87. The molecule has 210 valence electrons. The minimum Gasteiger partial charge on any atom is -0.480 e. The molecule has 3 atom stereocenters. The van der Waals surface area contributed by atoms with Gasteiger partial charge in [-0.05, 0) is 74.8 Å². The first-order valence-corrected chi connectivity index (χ1v) is 14.6. The Bertz CT molecular complexity index is 1350. The number of anilines is 1. The maximum atomic E-state index is 13.6. The van der Waals surface area contributed by atoms with Gasteiger partial charge < -0.3 is 14.6 Å². The summed E-state index contributed by atoms with van der Waals surface area (Å²) in [5, 5.41) is 10.4. The number of nitrogens with zero attached hydrogens (tertiary/aromatic N) is 4. The number of rotatable bonds is 10. The van der Waals surface area contributed by atoms with Crippen molar-refractivity contribution in [2.75, 3.05) is 23.9 Å². The van der Waals surface area contributed by atoms with Gasteiger partial charge in [-0.2, -0.15) is 8.42 Å². The lowest BCUT2D eigenvalue weighted by atomic mass is 9.98. The molecule has 0 spiro atoms. The van der Waals surface area contributed by atoms with E-state index in [1.165, 1.54) is 16.7 Å². The van der Waals surface area contributed by atoms with Crippen LogP contribution in [0.5, 0.6) is 0 Å². The van der Waals surface area contributed by atoms with Crippen molar-refractivity contribution in [3.05, 3.63) is 70.8 Å². The first kappa shape index (κ1) is 29.3. The second-order valence-corrected chi connectivity index (χ2v) is 11.4. The van der Waals surface area contributed by atoms with Crippen molar-refractivity contribution in [3.63, 3.8) is 0 Å². The summed E-state index contributed by atoms with van der Waals surface area (Å²) in [6.45, 7) is 3.90. The smallest absolute Gasteiger partial charge is 0.282 e. The third-order valence-corrected chi connectivity index (χ3v) is 7.76. The summed E-state index contributed by atoms with van der Waals surface area (Å²) in [7, 11) is -4.03. The predicted molar refractivity (Wildman–Crippen MR) is 149 cm³/mol. The van der Waals surface area contributed by atoms with E-state index in [1.807, 2.05) is 4.90 Å². The molecule has 1 aliphatic carbocycles. The third kappa shape index (κ3) is 6.74. The molecule has 4 rings (SSSR count). The lowest BCUT2D eigenvalue weighted by molar-refractivity contribution is -0.146. The van der Waals surface area contributed by atoms with E-state index in [4.69, 9.17) is 37.8 Å². The van der Waals surface area contributed by atoms with Gasteiger partial charge >= 0.3 is 0 Å². The Hall–Kier alpha value is -2.65. The number of aliphatic hydroxyl groups is 1. The zero-order valence-electron chi connectivity index (χ0n) is 21.3. The summed E-state index contributed by atoms with van der Waals surface area (Å²) in [5.74, 6) is 0.277. The minimum atomic E-state index is -4.03. The molecule has 3 unspecified atom stereocenters. The number of pyridine rings is 1. The van der Waals surface area contributed by atoms with Crippen molar-refractivity contribution < 1.29 is 32.3 Å². The lowest BCUT2D eigenvalue weighted by Gasteiger charge is -2.28. The Balaban J connectivity index is 1.65. The monoisotopic (exact) mass is 596 g/mol. The van der Waals surface area contributed by atoms with Crippen LogP contribution in [0.15, 0.2) is 70.8 Å². The Kier molecular flexibility index (Phi) is 9.21. The lowest BCUT2D eigenvalue weighted by Crippen LogP contribution is -2.40. The number of carbonyl (C=O) groups excluding carboxylic acids is 1. The number of ether oxygens (including phenoxy) is 2. The van der Waals surface area contributed by atoms with Gasteiger partial charge in [0, 0.05) is 17.8 Å². The first-order valence-electron chi connectivity index (χ1n) is 12.2. The van der Waals surface area contributed by atoms with Crippen LogP contribution < -0.4 is 4.90 Å². The molecule has 0 radical (unpaired) electrons. The van der Waals surface area contributed by atoms with Crippen LogP contribution in [0.2, 0.25) is 0 Å². The number of hydrogen-bond donors (Lipinski definition) is 2. The van der Waals surface area contributed by atoms with Gasteiger partial charge in [-0.1, -0.05) is 23.7 Å². The molecule has 1 amide bonds. The zero-order chi connectivity index (χ0) is 28.3. The molecule has 2 saturated heterocycles. The van der Waals surface area contributed by atoms with E-state index in [0.29, 0.717) is 41.6 Å². The van der Waals surface area contributed by atoms with Gasteiger partial charge in [-0.25, -0.2) is 9.88 Å². The van der Waals surface area contributed by atoms with Gasteiger partial charge in [0.25, 0.3) is 16.0 Å². The van der Waals surface area contributed by atoms with Crippen molar-refractivity contribution in [3.8, 4) is 0 Å². The van der Waals surface area contributed by atoms with Crippen LogP contribution in [0, 0.1) is 0 Å². The molecule has 3 heterocycles. The van der Waals surface area contributed by atoms with Crippen LogP contribution in [0.3, 0.4) is 0 Å². The van der Waals surface area contributed by atoms with Crippen molar-refractivity contribution >= 4 is 50.8 Å². The fourth-order valence-corrected chi connectivity index (χ4v) is 5.77. The first-order chi connectivity index (χ1) is 18.5. The number of aliphatic hydroxyl groups excluding tert-OH is 1. The number of hydrogen-bond acceptors (Lipinski definition) is 9. The summed E-state index contributed by atoms with van der Waals surface area (Å²) in [6, 6.07) is 4.79. The quantitative estimate of drug-likeness (QED) is 0.136. The standard InChI is InChI=1S/C25H29ClN4O7S2/c1-16(37-17(2)31)29-20(24(32)30(25(29)38)22-7-3-4-12-27-22)10-8-18-19(26)9-11-21-23(18)28(15-36-21)13-5-6-14-39(33,34)35/h3-4,7-12,16-17,23,31H,5-6,13-15H2,1-2H3,(H,33,34,35). The Morgan fingerprint density at radius 3 is 2.72 bits per heavy atom. The Morgan fingerprint density at radius 2 is 2.05 bits per heavy atom. The highest BCUT2D eigenvalue weighted by Gasteiger charge is 2.43. The maximum Gasteiger partial charge on any atom is 0.282 e. The van der Waals surface area contributed by atoms with Gasteiger partial charge in [-0.3, -0.25) is 19.1 Å². The number of allylic oxidation sites excluding steroid dienone is 4. The second kappa shape index (κ2) is 12.3. The molecule has 2 aliphatic heterocycles. The van der Waals surface area contributed by atoms with Crippen LogP contribution in [-0.2, 0) is 24.4 Å². The van der Waals surface area contributed by atoms with E-state index >= 15 is 0 Å². The molecule has 2 fully saturated rings. The van der Waals surface area contributed by atoms with Crippen molar-refractivity contribution in [2.24, 2.45) is 0 Å². The van der Waals surface area contributed by atoms with Gasteiger partial charge in [-0.15, -0.1) is 0 Å². The minimum absolute atomic E-state index is 0.145. The number of thiocarbonyl (C=S) groups is 1. The Morgan fingerprint density at radius 1 is 1.28 bits per heavy atom. The third-order valence-electron chi connectivity index (χ3n) is 6.23. The molecule has 11 nitrogen and oxygen atoms in total. The molecule has 39 heavy (non-hydrogen) atoms. The van der Waals surface area contributed by atoms with Crippen LogP contribution in [0.1, 0.15) is 26.7 Å². The summed E-state index contributed by atoms with van der Waals surface area (Å²) < 4.78 is 42.5. The number of unbranched alkanes of at least 4 members (excludes halogenated alkanes) is 1. The second-order valence-electron chi connectivity index (χ2n) is 9.05. The van der Waals surface area contributed by atoms with E-state index in [-0.39, 0.29) is 29.3 Å². The molecule has 2 N–H and O–H groups in total. The highest BCUT2D eigenvalue weighted by molar-refractivity contribution is 7.85. The molecule has 1 aromatic heterocycles. The van der Waals surface area contributed by atoms with Gasteiger partial charge in [0.1, 0.15) is 30.2 Å². The fourth-order valence-electron chi connectivity index (χ4n) is 4.55. The highest BCUT2D eigenvalue weighted by Crippen LogP contribution is 2.37. The normalized spacial score (nSPS) is 23.7. The van der Waals surface area contributed by atoms with Crippen molar-refractivity contribution in [1.29, 1.82) is 0 Å². The largest absolute Gasteiger partial charge is 0.480 e. The number of aromatic nitrogens is 1. The van der Waals surface area contributed by atoms with Crippen molar-refractivity contribution in [2.45, 2.75) is 45.2 Å². The molecular formula is C25H29ClN4O7S2. The fraction of sp³-hybridized carbons (Fsp3) is 0.400. The summed E-state index contributed by atoms with van der Waals surface area (Å²) in [4.78, 5) is 22.7. The van der Waals surface area contributed by atoms with Crippen LogP contribution in [0.25, 0.3) is 0 Å². The maximum absolute atomic E-state index is 13.6. The molecule has 0 aromatic carbocycles. The van der Waals surface area contributed by atoms with E-state index in [0.717, 1.165) is 0 Å². The highest BCUT2D eigenvalue weighted by atomic mass is 35.5. The number of fused-ring (bicyclic) bond motifs is 1. The van der Waals surface area contributed by atoms with E-state index in [2.05, 4.69) is 4.98 Å². The Labute approximate surface area is 237 Å². The topological polar surface area (TPSA) is 133 Å². The molecular weight excluding hydrogens is 568 g/mol. The molecule has 0 bridgehead atoms. The van der Waals surface area contributed by atoms with E-state index in [9.17, 15) is 18.3 Å². The average Bonchev–Trinajstić information content (AvgIpc) is 3.38. The number of amides is 1. The number of halogens is 1. The van der Waals surface area contributed by atoms with Gasteiger partial charge in [0.2, 0.25) is 0 Å². The molecule has 14 heteroatoms. The van der Waals surface area contributed by atoms with Crippen LogP contribution >= 0.6 is 23.8 Å². The zero-order valence-corrected chi connectivity index (χ0v) is 23.7. The van der Waals surface area contributed by atoms with Crippen molar-refractivity contribution in [1.82, 2.24) is 14.8 Å². The average molecular weight is 597 g/mol.